The topological polar surface area (TPSA) is 96.2 Å². The first-order valence-corrected chi connectivity index (χ1v) is 13.1. The zero-order valence-corrected chi connectivity index (χ0v) is 22.3. The Balaban J connectivity index is 1.20. The maximum atomic E-state index is 13.8. The number of halogens is 1. The number of aryl methyl sites for hydroxylation is 2. The van der Waals surface area contributed by atoms with Gasteiger partial charge in [-0.05, 0) is 68.9 Å². The van der Waals surface area contributed by atoms with Crippen molar-refractivity contribution in [2.45, 2.75) is 40.2 Å². The zero-order valence-electron chi connectivity index (χ0n) is 22.3. The molecule has 2 aliphatic heterocycles. The van der Waals surface area contributed by atoms with Gasteiger partial charge in [0.15, 0.2) is 5.82 Å². The summed E-state index contributed by atoms with van der Waals surface area (Å²) >= 11 is 0. The monoisotopic (exact) mass is 519 g/mol. The Bertz CT molecular complexity index is 1330. The van der Waals surface area contributed by atoms with Crippen molar-refractivity contribution in [1.82, 2.24) is 35.1 Å². The first kappa shape index (κ1) is 26.0. The van der Waals surface area contributed by atoms with Crippen molar-refractivity contribution >= 4 is 11.8 Å². The van der Waals surface area contributed by atoms with Crippen LogP contribution in [-0.4, -0.2) is 74.3 Å². The van der Waals surface area contributed by atoms with E-state index in [1.54, 1.807) is 10.7 Å². The number of hydrogen-bond donors (Lipinski definition) is 1. The second kappa shape index (κ2) is 10.6. The number of hydrogen-bond acceptors (Lipinski definition) is 6. The van der Waals surface area contributed by atoms with Gasteiger partial charge in [0.1, 0.15) is 5.82 Å². The molecule has 9 nitrogen and oxygen atoms in total. The van der Waals surface area contributed by atoms with Crippen molar-refractivity contribution in [3.8, 4) is 5.82 Å². The second-order valence-corrected chi connectivity index (χ2v) is 10.6. The molecule has 2 fully saturated rings. The third-order valence-electron chi connectivity index (χ3n) is 7.72. The van der Waals surface area contributed by atoms with Crippen LogP contribution in [0, 0.1) is 38.4 Å². The fraction of sp³-hybridized carbons (Fsp3) is 0.464. The van der Waals surface area contributed by atoms with E-state index in [1.807, 2.05) is 43.9 Å². The van der Waals surface area contributed by atoms with Crippen LogP contribution in [0.1, 0.15) is 52.4 Å². The molecule has 2 unspecified atom stereocenters. The van der Waals surface area contributed by atoms with Crippen molar-refractivity contribution in [1.29, 1.82) is 0 Å². The van der Waals surface area contributed by atoms with E-state index in [2.05, 4.69) is 25.5 Å². The number of fused-ring (bicyclic) bond motifs is 1. The van der Waals surface area contributed by atoms with Gasteiger partial charge in [0, 0.05) is 39.6 Å². The standard InChI is InChI=1S/C28H34FN7O2/c1-17-8-9-26(32-31-17)36-19(3)27(18(2)33-36)28(38)35-15-22-13-34(14-23(22)16-35)11-10-25(30-20(4)37)21-6-5-7-24(29)12-21/h5-9,12,22-23,25H,10-11,13-16H2,1-4H3,(H,30,37)/t22-,23?,25?/m0/s1. The quantitative estimate of drug-likeness (QED) is 0.516. The Morgan fingerprint density at radius 1 is 1.05 bits per heavy atom. The summed E-state index contributed by atoms with van der Waals surface area (Å²) in [5.41, 5.74) is 3.70. The molecular formula is C28H34FN7O2. The molecule has 3 aromatic rings. The molecule has 0 aliphatic carbocycles. The summed E-state index contributed by atoms with van der Waals surface area (Å²) in [5.74, 6) is 0.997. The molecule has 5 rings (SSSR count). The van der Waals surface area contributed by atoms with Crippen LogP contribution >= 0.6 is 0 Å². The molecule has 0 saturated carbocycles. The van der Waals surface area contributed by atoms with E-state index in [1.165, 1.54) is 19.1 Å². The van der Waals surface area contributed by atoms with E-state index in [-0.39, 0.29) is 23.7 Å². The summed E-state index contributed by atoms with van der Waals surface area (Å²) in [6.07, 6.45) is 0.699. The SMILES string of the molecule is CC(=O)NC(CCN1CC2CN(C(=O)c3c(C)nn(-c4ccc(C)nn4)c3C)C[C@@H]2C1)c1cccc(F)c1. The zero-order chi connectivity index (χ0) is 27.0. The smallest absolute Gasteiger partial charge is 0.257 e. The summed E-state index contributed by atoms with van der Waals surface area (Å²) < 4.78 is 15.5. The lowest BCUT2D eigenvalue weighted by molar-refractivity contribution is -0.119. The molecule has 2 aliphatic rings. The molecule has 38 heavy (non-hydrogen) atoms. The van der Waals surface area contributed by atoms with Crippen LogP contribution in [0.2, 0.25) is 0 Å². The second-order valence-electron chi connectivity index (χ2n) is 10.6. The van der Waals surface area contributed by atoms with Crippen LogP contribution in [-0.2, 0) is 4.79 Å². The molecule has 0 spiro atoms. The molecular weight excluding hydrogens is 485 g/mol. The highest BCUT2D eigenvalue weighted by Crippen LogP contribution is 2.33. The lowest BCUT2D eigenvalue weighted by atomic mass is 10.0. The van der Waals surface area contributed by atoms with Crippen LogP contribution in [0.5, 0.6) is 0 Å². The first-order valence-electron chi connectivity index (χ1n) is 13.1. The molecule has 4 heterocycles. The van der Waals surface area contributed by atoms with Gasteiger partial charge in [-0.2, -0.15) is 10.2 Å². The third-order valence-corrected chi connectivity index (χ3v) is 7.72. The van der Waals surface area contributed by atoms with Crippen LogP contribution in [0.25, 0.3) is 5.82 Å². The van der Waals surface area contributed by atoms with E-state index in [0.717, 1.165) is 36.6 Å². The van der Waals surface area contributed by atoms with E-state index >= 15 is 0 Å². The highest BCUT2D eigenvalue weighted by molar-refractivity contribution is 5.96. The van der Waals surface area contributed by atoms with Crippen molar-refractivity contribution in [3.05, 3.63) is 70.4 Å². The van der Waals surface area contributed by atoms with E-state index < -0.39 is 0 Å². The van der Waals surface area contributed by atoms with Crippen LogP contribution in [0.15, 0.2) is 36.4 Å². The van der Waals surface area contributed by atoms with Gasteiger partial charge in [0.2, 0.25) is 5.91 Å². The number of carbonyl (C=O) groups excluding carboxylic acids is 2. The van der Waals surface area contributed by atoms with Crippen molar-refractivity contribution in [2.24, 2.45) is 11.8 Å². The summed E-state index contributed by atoms with van der Waals surface area (Å²) in [6.45, 7) is 11.2. The van der Waals surface area contributed by atoms with Crippen molar-refractivity contribution in [2.75, 3.05) is 32.7 Å². The Morgan fingerprint density at radius 3 is 2.42 bits per heavy atom. The highest BCUT2D eigenvalue weighted by atomic mass is 19.1. The maximum absolute atomic E-state index is 13.8. The minimum absolute atomic E-state index is 0.0177. The summed E-state index contributed by atoms with van der Waals surface area (Å²) in [4.78, 5) is 29.7. The average molecular weight is 520 g/mol. The molecule has 2 amide bonds. The first-order chi connectivity index (χ1) is 18.2. The number of nitrogens with one attached hydrogen (secondary N) is 1. The van der Waals surface area contributed by atoms with Gasteiger partial charge in [-0.3, -0.25) is 9.59 Å². The number of rotatable bonds is 7. The lowest BCUT2D eigenvalue weighted by Gasteiger charge is -2.24. The van der Waals surface area contributed by atoms with Gasteiger partial charge >= 0.3 is 0 Å². The summed E-state index contributed by atoms with van der Waals surface area (Å²) in [7, 11) is 0. The van der Waals surface area contributed by atoms with Crippen LogP contribution in [0.4, 0.5) is 4.39 Å². The predicted molar refractivity (Wildman–Crippen MR) is 140 cm³/mol. The van der Waals surface area contributed by atoms with Gasteiger partial charge in [-0.25, -0.2) is 9.07 Å². The average Bonchev–Trinajstić information content (AvgIpc) is 3.53. The Hall–Kier alpha value is -3.66. The van der Waals surface area contributed by atoms with Crippen LogP contribution in [0.3, 0.4) is 0 Å². The van der Waals surface area contributed by atoms with Gasteiger partial charge in [0.05, 0.1) is 28.7 Å². The molecule has 1 aromatic carbocycles. The summed E-state index contributed by atoms with van der Waals surface area (Å²) in [6, 6.07) is 9.92. The van der Waals surface area contributed by atoms with E-state index in [9.17, 15) is 14.0 Å². The summed E-state index contributed by atoms with van der Waals surface area (Å²) in [5, 5.41) is 15.9. The molecule has 0 bridgehead atoms. The minimum Gasteiger partial charge on any atom is -0.349 e. The largest absolute Gasteiger partial charge is 0.349 e. The fourth-order valence-electron chi connectivity index (χ4n) is 5.88. The fourth-order valence-corrected chi connectivity index (χ4v) is 5.88. The Morgan fingerprint density at radius 2 is 1.79 bits per heavy atom. The molecule has 2 saturated heterocycles. The molecule has 1 N–H and O–H groups in total. The predicted octanol–water partition coefficient (Wildman–Crippen LogP) is 3.00. The number of benzene rings is 1. The normalized spacial score (nSPS) is 20.0. The number of carbonyl (C=O) groups is 2. The molecule has 200 valence electrons. The molecule has 3 atom stereocenters. The van der Waals surface area contributed by atoms with Crippen molar-refractivity contribution in [3.63, 3.8) is 0 Å². The molecule has 2 aromatic heterocycles. The minimum atomic E-state index is -0.305. The molecule has 10 heteroatoms. The number of amides is 2. The Kier molecular flexibility index (Phi) is 7.25. The van der Waals surface area contributed by atoms with Gasteiger partial charge in [-0.1, -0.05) is 12.1 Å². The number of likely N-dealkylation sites (tertiary alicyclic amines) is 2. The van der Waals surface area contributed by atoms with Gasteiger partial charge < -0.3 is 15.1 Å². The maximum Gasteiger partial charge on any atom is 0.257 e. The number of aromatic nitrogens is 4. The van der Waals surface area contributed by atoms with E-state index in [4.69, 9.17) is 0 Å². The Labute approximate surface area is 222 Å². The van der Waals surface area contributed by atoms with Crippen molar-refractivity contribution < 1.29 is 14.0 Å². The lowest BCUT2D eigenvalue weighted by Crippen LogP contribution is -2.35. The highest BCUT2D eigenvalue weighted by Gasteiger charge is 2.42. The number of nitrogens with zero attached hydrogens (tertiary/aromatic N) is 6. The van der Waals surface area contributed by atoms with Crippen LogP contribution < -0.4 is 5.32 Å². The van der Waals surface area contributed by atoms with Gasteiger partial charge in [-0.15, -0.1) is 5.10 Å². The third kappa shape index (κ3) is 5.31. The van der Waals surface area contributed by atoms with E-state index in [0.29, 0.717) is 48.4 Å². The van der Waals surface area contributed by atoms with Gasteiger partial charge in [0.25, 0.3) is 5.91 Å². The molecule has 0 radical (unpaired) electrons.